The van der Waals surface area contributed by atoms with E-state index in [0.29, 0.717) is 11.6 Å². The van der Waals surface area contributed by atoms with Crippen LogP contribution in [-0.2, 0) is 19.7 Å². The third-order valence-corrected chi connectivity index (χ3v) is 9.39. The van der Waals surface area contributed by atoms with Crippen LogP contribution < -0.4 is 10.2 Å². The third-order valence-electron chi connectivity index (χ3n) is 6.96. The van der Waals surface area contributed by atoms with Gasteiger partial charge >= 0.3 is 0 Å². The lowest BCUT2D eigenvalue weighted by Gasteiger charge is -2.47. The smallest absolute Gasteiger partial charge is 0.242 e. The van der Waals surface area contributed by atoms with Crippen molar-refractivity contribution in [2.75, 3.05) is 18.2 Å². The van der Waals surface area contributed by atoms with E-state index in [1.807, 2.05) is 43.3 Å². The average molecular weight is 576 g/mol. The molecule has 0 saturated carbocycles. The highest BCUT2D eigenvalue weighted by atomic mass is 79.9. The second kappa shape index (κ2) is 9.85. The van der Waals surface area contributed by atoms with E-state index in [-0.39, 0.29) is 25.0 Å². The minimum atomic E-state index is -1.27. The maximum Gasteiger partial charge on any atom is 0.242 e. The fourth-order valence-corrected chi connectivity index (χ4v) is 6.61. The van der Waals surface area contributed by atoms with Crippen LogP contribution in [0.2, 0.25) is 30.7 Å². The van der Waals surface area contributed by atoms with Crippen molar-refractivity contribution in [3.63, 3.8) is 0 Å². The van der Waals surface area contributed by atoms with Gasteiger partial charge in [0.1, 0.15) is 12.1 Å². The van der Waals surface area contributed by atoms with Crippen molar-refractivity contribution < 1.29 is 14.3 Å². The molecule has 1 saturated heterocycles. The number of nitrogens with one attached hydrogen (secondary N) is 1. The number of piperidine rings is 1. The molecule has 8 heteroatoms. The lowest BCUT2D eigenvalue weighted by molar-refractivity contribution is -0.132. The highest BCUT2D eigenvalue weighted by Crippen LogP contribution is 2.56. The second-order valence-corrected chi connectivity index (χ2v) is 17.7. The molecule has 0 aliphatic carbocycles. The molecule has 35 heavy (non-hydrogen) atoms. The van der Waals surface area contributed by atoms with Gasteiger partial charge < -0.3 is 10.1 Å². The lowest BCUT2D eigenvalue weighted by atomic mass is 9.59. The van der Waals surface area contributed by atoms with Gasteiger partial charge in [-0.25, -0.2) is 0 Å². The normalized spacial score (nSPS) is 24.0. The molecular formula is C27H32BrClN2O3Si. The van der Waals surface area contributed by atoms with Gasteiger partial charge in [0.25, 0.3) is 0 Å². The standard InChI is InChI=1S/C27H32BrClN2O3Si/c1-17(2)25-27(22(15-24(32)30-25)18-7-6-8-20(29)13-18)21-10-9-19(28)14-23(21)31(26(27)33)16-34-11-12-35(3,4)5/h6-10,13-14,22,25H,1,11-12,15-16H2,2-5H3,(H,30,32)/t22-,25+,27-/m0/s1. The lowest BCUT2D eigenvalue weighted by Crippen LogP contribution is -2.63. The summed E-state index contributed by atoms with van der Waals surface area (Å²) < 4.78 is 6.94. The van der Waals surface area contributed by atoms with Gasteiger partial charge in [0.2, 0.25) is 11.8 Å². The average Bonchev–Trinajstić information content (AvgIpc) is 2.99. The first kappa shape index (κ1) is 26.1. The Balaban J connectivity index is 1.85. The van der Waals surface area contributed by atoms with Gasteiger partial charge in [-0.3, -0.25) is 14.5 Å². The van der Waals surface area contributed by atoms with Crippen LogP contribution in [0.4, 0.5) is 5.69 Å². The van der Waals surface area contributed by atoms with Crippen LogP contribution in [0.5, 0.6) is 0 Å². The van der Waals surface area contributed by atoms with E-state index in [9.17, 15) is 9.59 Å². The first-order chi connectivity index (χ1) is 16.4. The fourth-order valence-electron chi connectivity index (χ4n) is 5.30. The number of carbonyl (C=O) groups is 2. The molecule has 0 aromatic heterocycles. The molecule has 1 N–H and O–H groups in total. The van der Waals surface area contributed by atoms with Crippen molar-refractivity contribution >= 4 is 53.1 Å². The van der Waals surface area contributed by atoms with E-state index in [2.05, 4.69) is 47.5 Å². The summed E-state index contributed by atoms with van der Waals surface area (Å²) in [5.74, 6) is -0.600. The van der Waals surface area contributed by atoms with Gasteiger partial charge in [-0.15, -0.1) is 0 Å². The molecule has 3 atom stereocenters. The Morgan fingerprint density at radius 3 is 2.66 bits per heavy atom. The van der Waals surface area contributed by atoms with Crippen LogP contribution in [0.1, 0.15) is 30.4 Å². The molecule has 5 nitrogen and oxygen atoms in total. The molecule has 2 heterocycles. The van der Waals surface area contributed by atoms with Crippen molar-refractivity contribution in [3.8, 4) is 0 Å². The Labute approximate surface area is 222 Å². The predicted molar refractivity (Wildman–Crippen MR) is 148 cm³/mol. The van der Waals surface area contributed by atoms with E-state index < -0.39 is 25.4 Å². The van der Waals surface area contributed by atoms with Crippen molar-refractivity contribution in [3.05, 3.63) is 75.2 Å². The Kier molecular flexibility index (Phi) is 7.35. The summed E-state index contributed by atoms with van der Waals surface area (Å²) in [5.41, 5.74) is 2.21. The van der Waals surface area contributed by atoms with Crippen molar-refractivity contribution in [2.45, 2.75) is 56.4 Å². The largest absolute Gasteiger partial charge is 0.361 e. The Bertz CT molecular complexity index is 1180. The number of rotatable bonds is 7. The Morgan fingerprint density at radius 1 is 1.26 bits per heavy atom. The van der Waals surface area contributed by atoms with E-state index in [1.165, 1.54) is 0 Å². The summed E-state index contributed by atoms with van der Waals surface area (Å²) in [6.45, 7) is 13.7. The number of amides is 2. The number of halogens is 2. The van der Waals surface area contributed by atoms with E-state index >= 15 is 0 Å². The number of hydrogen-bond donors (Lipinski definition) is 1. The zero-order valence-electron chi connectivity index (χ0n) is 20.7. The molecule has 2 aliphatic heterocycles. The number of benzene rings is 2. The molecular weight excluding hydrogens is 544 g/mol. The van der Waals surface area contributed by atoms with E-state index in [0.717, 1.165) is 32.9 Å². The molecule has 0 radical (unpaired) electrons. The molecule has 186 valence electrons. The molecule has 2 aromatic rings. The van der Waals surface area contributed by atoms with Gasteiger partial charge in [-0.05, 0) is 48.4 Å². The zero-order chi connectivity index (χ0) is 25.5. The number of nitrogens with zero attached hydrogens (tertiary/aromatic N) is 1. The first-order valence-corrected chi connectivity index (χ1v) is 16.7. The quantitative estimate of drug-likeness (QED) is 0.241. The van der Waals surface area contributed by atoms with Crippen LogP contribution in [-0.4, -0.2) is 39.3 Å². The molecule has 0 bridgehead atoms. The maximum atomic E-state index is 14.5. The van der Waals surface area contributed by atoms with Gasteiger partial charge in [-0.1, -0.05) is 77.5 Å². The Morgan fingerprint density at radius 2 is 2.00 bits per heavy atom. The van der Waals surface area contributed by atoms with Gasteiger partial charge in [0.05, 0.1) is 11.7 Å². The SMILES string of the molecule is C=C(C)[C@H]1NC(=O)C[C@@H](c2cccc(Cl)c2)[C@]12C(=O)N(COCC[Si](C)(C)C)c1cc(Br)ccc12. The molecule has 0 unspecified atom stereocenters. The van der Waals surface area contributed by atoms with Gasteiger partial charge in [0, 0.05) is 36.5 Å². The number of anilines is 1. The minimum absolute atomic E-state index is 0.0865. The molecule has 4 rings (SSSR count). The predicted octanol–water partition coefficient (Wildman–Crippen LogP) is 6.25. The highest BCUT2D eigenvalue weighted by molar-refractivity contribution is 9.10. The second-order valence-electron chi connectivity index (χ2n) is 10.8. The molecule has 2 aromatic carbocycles. The number of hydrogen-bond acceptors (Lipinski definition) is 3. The van der Waals surface area contributed by atoms with Crippen molar-refractivity contribution in [1.29, 1.82) is 0 Å². The third kappa shape index (κ3) is 4.88. The highest BCUT2D eigenvalue weighted by Gasteiger charge is 2.63. The van der Waals surface area contributed by atoms with Crippen molar-refractivity contribution in [1.82, 2.24) is 5.32 Å². The number of carbonyl (C=O) groups excluding carboxylic acids is 2. The maximum absolute atomic E-state index is 14.5. The van der Waals surface area contributed by atoms with Crippen LogP contribution in [0.25, 0.3) is 0 Å². The summed E-state index contributed by atoms with van der Waals surface area (Å²) >= 11 is 9.94. The molecule has 2 amide bonds. The fraction of sp³-hybridized carbons (Fsp3) is 0.407. The monoisotopic (exact) mass is 574 g/mol. The van der Waals surface area contributed by atoms with Crippen LogP contribution in [0.3, 0.4) is 0 Å². The van der Waals surface area contributed by atoms with Crippen LogP contribution in [0, 0.1) is 0 Å². The molecule has 1 spiro atoms. The van der Waals surface area contributed by atoms with E-state index in [4.69, 9.17) is 16.3 Å². The Hall–Kier alpha value is -1.93. The number of ether oxygens (including phenoxy) is 1. The van der Waals surface area contributed by atoms with Crippen LogP contribution >= 0.6 is 27.5 Å². The summed E-state index contributed by atoms with van der Waals surface area (Å²) in [6.07, 6.45) is 0.176. The summed E-state index contributed by atoms with van der Waals surface area (Å²) in [7, 11) is -1.27. The van der Waals surface area contributed by atoms with Gasteiger partial charge in [-0.2, -0.15) is 0 Å². The summed E-state index contributed by atoms with van der Waals surface area (Å²) in [4.78, 5) is 29.2. The minimum Gasteiger partial charge on any atom is -0.361 e. The number of fused-ring (bicyclic) bond motifs is 2. The summed E-state index contributed by atoms with van der Waals surface area (Å²) in [5, 5.41) is 3.66. The van der Waals surface area contributed by atoms with Gasteiger partial charge in [0.15, 0.2) is 0 Å². The first-order valence-electron chi connectivity index (χ1n) is 11.8. The molecule has 1 fully saturated rings. The summed E-state index contributed by atoms with van der Waals surface area (Å²) in [6, 6.07) is 13.8. The molecule has 2 aliphatic rings. The zero-order valence-corrected chi connectivity index (χ0v) is 24.0. The topological polar surface area (TPSA) is 58.6 Å². The van der Waals surface area contributed by atoms with Crippen molar-refractivity contribution in [2.24, 2.45) is 0 Å². The van der Waals surface area contributed by atoms with Crippen LogP contribution in [0.15, 0.2) is 59.1 Å². The van der Waals surface area contributed by atoms with E-state index in [1.54, 1.807) is 11.0 Å².